The maximum Gasteiger partial charge on any atom is 0.129 e. The van der Waals surface area contributed by atoms with E-state index in [9.17, 15) is 5.11 Å². The van der Waals surface area contributed by atoms with Crippen molar-refractivity contribution >= 4 is 21.7 Å². The Morgan fingerprint density at radius 1 is 1.60 bits per heavy atom. The highest BCUT2D eigenvalue weighted by molar-refractivity contribution is 9.10. The highest BCUT2D eigenvalue weighted by atomic mass is 79.9. The Hall–Kier alpha value is -0.610. The van der Waals surface area contributed by atoms with Crippen molar-refractivity contribution < 1.29 is 5.11 Å². The van der Waals surface area contributed by atoms with Gasteiger partial charge < -0.3 is 10.4 Å². The molecule has 82 valence electrons. The Morgan fingerprint density at radius 2 is 2.33 bits per heavy atom. The number of aryl methyl sites for hydroxylation is 1. The van der Waals surface area contributed by atoms with Gasteiger partial charge in [0.05, 0.1) is 5.60 Å². The first kappa shape index (κ1) is 10.9. The van der Waals surface area contributed by atoms with Crippen molar-refractivity contribution in [3.8, 4) is 0 Å². The topological polar surface area (TPSA) is 45.2 Å². The van der Waals surface area contributed by atoms with Crippen LogP contribution in [0.5, 0.6) is 0 Å². The first-order valence-electron chi connectivity index (χ1n) is 5.17. The monoisotopic (exact) mass is 270 g/mol. The third-order valence-corrected chi connectivity index (χ3v) is 3.35. The van der Waals surface area contributed by atoms with Gasteiger partial charge in [-0.1, -0.05) is 0 Å². The van der Waals surface area contributed by atoms with E-state index in [0.717, 1.165) is 35.1 Å². The van der Waals surface area contributed by atoms with Gasteiger partial charge >= 0.3 is 0 Å². The fourth-order valence-electron chi connectivity index (χ4n) is 1.74. The van der Waals surface area contributed by atoms with E-state index in [2.05, 4.69) is 26.2 Å². The second-order valence-corrected chi connectivity index (χ2v) is 5.17. The van der Waals surface area contributed by atoms with Gasteiger partial charge in [0.1, 0.15) is 5.82 Å². The predicted molar refractivity (Wildman–Crippen MR) is 64.0 cm³/mol. The quantitative estimate of drug-likeness (QED) is 0.887. The van der Waals surface area contributed by atoms with Crippen molar-refractivity contribution in [1.29, 1.82) is 0 Å². The minimum Gasteiger partial charge on any atom is -0.388 e. The number of aromatic nitrogens is 1. The van der Waals surface area contributed by atoms with Crippen molar-refractivity contribution in [2.75, 3.05) is 11.9 Å². The zero-order valence-corrected chi connectivity index (χ0v) is 10.3. The smallest absolute Gasteiger partial charge is 0.129 e. The SMILES string of the molecule is Cc1cc(Br)cnc1NCC1(O)CCC1. The molecule has 0 aliphatic heterocycles. The first-order chi connectivity index (χ1) is 7.09. The zero-order chi connectivity index (χ0) is 10.9. The highest BCUT2D eigenvalue weighted by Crippen LogP contribution is 2.31. The summed E-state index contributed by atoms with van der Waals surface area (Å²) in [6, 6.07) is 2.01. The van der Waals surface area contributed by atoms with E-state index >= 15 is 0 Å². The summed E-state index contributed by atoms with van der Waals surface area (Å²) in [6.07, 6.45) is 4.69. The standard InChI is InChI=1S/C11H15BrN2O/c1-8-5-9(12)6-13-10(8)14-7-11(15)3-2-4-11/h5-6,15H,2-4,7H2,1H3,(H,13,14). The Kier molecular flexibility index (Phi) is 2.98. The van der Waals surface area contributed by atoms with Gasteiger partial charge in [-0.3, -0.25) is 0 Å². The number of rotatable bonds is 3. The zero-order valence-electron chi connectivity index (χ0n) is 8.76. The van der Waals surface area contributed by atoms with Crippen molar-refractivity contribution in [2.45, 2.75) is 31.8 Å². The second kappa shape index (κ2) is 4.10. The maximum atomic E-state index is 9.92. The van der Waals surface area contributed by atoms with Gasteiger partial charge in [-0.2, -0.15) is 0 Å². The summed E-state index contributed by atoms with van der Waals surface area (Å²) in [7, 11) is 0. The number of hydrogen-bond acceptors (Lipinski definition) is 3. The van der Waals surface area contributed by atoms with Crippen LogP contribution in [-0.2, 0) is 0 Å². The van der Waals surface area contributed by atoms with Crippen LogP contribution in [0, 0.1) is 6.92 Å². The molecule has 0 aromatic carbocycles. The number of hydrogen-bond donors (Lipinski definition) is 2. The van der Waals surface area contributed by atoms with E-state index in [4.69, 9.17) is 0 Å². The molecule has 0 unspecified atom stereocenters. The lowest BCUT2D eigenvalue weighted by Gasteiger charge is -2.36. The molecule has 0 saturated heterocycles. The maximum absolute atomic E-state index is 9.92. The van der Waals surface area contributed by atoms with E-state index in [1.807, 2.05) is 13.0 Å². The van der Waals surface area contributed by atoms with Gasteiger partial charge in [0.25, 0.3) is 0 Å². The average Bonchev–Trinajstić information content (AvgIpc) is 2.14. The summed E-state index contributed by atoms with van der Waals surface area (Å²) in [5.41, 5.74) is 0.591. The summed E-state index contributed by atoms with van der Waals surface area (Å²) >= 11 is 3.37. The van der Waals surface area contributed by atoms with Gasteiger partial charge in [-0.05, 0) is 53.7 Å². The molecule has 1 heterocycles. The summed E-state index contributed by atoms with van der Waals surface area (Å²) in [5, 5.41) is 13.1. The Balaban J connectivity index is 1.98. The van der Waals surface area contributed by atoms with Gasteiger partial charge in [-0.25, -0.2) is 4.98 Å². The minimum absolute atomic E-state index is 0.499. The van der Waals surface area contributed by atoms with Crippen LogP contribution in [0.3, 0.4) is 0 Å². The van der Waals surface area contributed by atoms with E-state index in [1.165, 1.54) is 0 Å². The summed E-state index contributed by atoms with van der Waals surface area (Å²) in [4.78, 5) is 4.27. The van der Waals surface area contributed by atoms with Crippen molar-refractivity contribution in [1.82, 2.24) is 4.98 Å². The lowest BCUT2D eigenvalue weighted by molar-refractivity contribution is -0.0202. The molecular formula is C11H15BrN2O. The third kappa shape index (κ3) is 2.49. The van der Waals surface area contributed by atoms with Crippen molar-refractivity contribution in [3.05, 3.63) is 22.3 Å². The van der Waals surface area contributed by atoms with Crippen molar-refractivity contribution in [3.63, 3.8) is 0 Å². The summed E-state index contributed by atoms with van der Waals surface area (Å²) in [6.45, 7) is 2.60. The molecule has 4 heteroatoms. The Labute approximate surface area is 98.0 Å². The van der Waals surface area contributed by atoms with E-state index < -0.39 is 5.60 Å². The first-order valence-corrected chi connectivity index (χ1v) is 5.97. The number of aliphatic hydroxyl groups is 1. The molecule has 0 atom stereocenters. The molecule has 1 saturated carbocycles. The molecule has 0 bridgehead atoms. The van der Waals surface area contributed by atoms with Crippen LogP contribution in [0.25, 0.3) is 0 Å². The van der Waals surface area contributed by atoms with E-state index in [1.54, 1.807) is 6.20 Å². The molecule has 1 aliphatic rings. The van der Waals surface area contributed by atoms with Gasteiger partial charge in [0, 0.05) is 17.2 Å². The normalized spacial score (nSPS) is 18.3. The molecule has 2 N–H and O–H groups in total. The molecule has 0 spiro atoms. The van der Waals surface area contributed by atoms with Crippen LogP contribution in [-0.4, -0.2) is 22.2 Å². The van der Waals surface area contributed by atoms with Crippen LogP contribution in [0.15, 0.2) is 16.7 Å². The number of nitrogens with one attached hydrogen (secondary N) is 1. The van der Waals surface area contributed by atoms with Crippen LogP contribution < -0.4 is 5.32 Å². The largest absolute Gasteiger partial charge is 0.388 e. The molecule has 2 rings (SSSR count). The van der Waals surface area contributed by atoms with Crippen LogP contribution in [0.1, 0.15) is 24.8 Å². The Bertz CT molecular complexity index is 364. The molecule has 1 aromatic heterocycles. The van der Waals surface area contributed by atoms with Gasteiger partial charge in [0.2, 0.25) is 0 Å². The number of anilines is 1. The molecular weight excluding hydrogens is 256 g/mol. The molecule has 15 heavy (non-hydrogen) atoms. The summed E-state index contributed by atoms with van der Waals surface area (Å²) in [5.74, 6) is 0.860. The van der Waals surface area contributed by atoms with Crippen LogP contribution in [0.2, 0.25) is 0 Å². The van der Waals surface area contributed by atoms with E-state index in [-0.39, 0.29) is 0 Å². The summed E-state index contributed by atoms with van der Waals surface area (Å²) < 4.78 is 0.980. The Morgan fingerprint density at radius 3 is 2.87 bits per heavy atom. The lowest BCUT2D eigenvalue weighted by Crippen LogP contribution is -2.43. The fourth-order valence-corrected chi connectivity index (χ4v) is 2.18. The molecule has 3 nitrogen and oxygen atoms in total. The molecule has 1 fully saturated rings. The average molecular weight is 271 g/mol. The highest BCUT2D eigenvalue weighted by Gasteiger charge is 2.34. The van der Waals surface area contributed by atoms with Crippen LogP contribution in [0.4, 0.5) is 5.82 Å². The van der Waals surface area contributed by atoms with Gasteiger partial charge in [0.15, 0.2) is 0 Å². The second-order valence-electron chi connectivity index (χ2n) is 4.25. The lowest BCUT2D eigenvalue weighted by atomic mass is 9.80. The number of nitrogens with zero attached hydrogens (tertiary/aromatic N) is 1. The van der Waals surface area contributed by atoms with E-state index in [0.29, 0.717) is 6.54 Å². The van der Waals surface area contributed by atoms with Crippen molar-refractivity contribution in [2.24, 2.45) is 0 Å². The number of halogens is 1. The fraction of sp³-hybridized carbons (Fsp3) is 0.545. The molecule has 0 amide bonds. The number of pyridine rings is 1. The predicted octanol–water partition coefficient (Wildman–Crippen LogP) is 2.48. The third-order valence-electron chi connectivity index (χ3n) is 2.91. The van der Waals surface area contributed by atoms with Gasteiger partial charge in [-0.15, -0.1) is 0 Å². The molecule has 0 radical (unpaired) electrons. The molecule has 1 aliphatic carbocycles. The van der Waals surface area contributed by atoms with Crippen LogP contribution >= 0.6 is 15.9 Å². The minimum atomic E-state index is -0.499. The molecule has 1 aromatic rings.